The van der Waals surface area contributed by atoms with Crippen LogP contribution in [-0.2, 0) is 9.16 Å². The van der Waals surface area contributed by atoms with Crippen LogP contribution in [-0.4, -0.2) is 43.4 Å². The van der Waals surface area contributed by atoms with Gasteiger partial charge in [-0.2, -0.15) is 0 Å². The SMILES string of the molecule is CC(C)(C)[Si](C)(C)OC[C@H]1OC=CC(O)[C@H]1O. The van der Waals surface area contributed by atoms with E-state index in [0.717, 1.165) is 0 Å². The van der Waals surface area contributed by atoms with Crippen molar-refractivity contribution in [2.45, 2.75) is 57.2 Å². The summed E-state index contributed by atoms with van der Waals surface area (Å²) in [6, 6.07) is 0. The van der Waals surface area contributed by atoms with Gasteiger partial charge < -0.3 is 19.4 Å². The van der Waals surface area contributed by atoms with Gasteiger partial charge in [-0.1, -0.05) is 20.8 Å². The summed E-state index contributed by atoms with van der Waals surface area (Å²) in [5.41, 5.74) is 0. The lowest BCUT2D eigenvalue weighted by Gasteiger charge is -2.38. The quantitative estimate of drug-likeness (QED) is 0.757. The first-order valence-corrected chi connectivity index (χ1v) is 8.88. The van der Waals surface area contributed by atoms with Crippen molar-refractivity contribution < 1.29 is 19.4 Å². The van der Waals surface area contributed by atoms with Crippen molar-refractivity contribution in [1.82, 2.24) is 0 Å². The maximum absolute atomic E-state index is 9.75. The Labute approximate surface area is 104 Å². The minimum atomic E-state index is -1.84. The van der Waals surface area contributed by atoms with E-state index in [4.69, 9.17) is 9.16 Å². The van der Waals surface area contributed by atoms with Gasteiger partial charge in [0.15, 0.2) is 8.32 Å². The Kier molecular flexibility index (Phi) is 4.41. The smallest absolute Gasteiger partial charge is 0.192 e. The van der Waals surface area contributed by atoms with Crippen LogP contribution in [0, 0.1) is 0 Å². The molecule has 5 heteroatoms. The summed E-state index contributed by atoms with van der Waals surface area (Å²) >= 11 is 0. The minimum absolute atomic E-state index is 0.126. The Morgan fingerprint density at radius 2 is 1.88 bits per heavy atom. The number of rotatable bonds is 3. The molecule has 0 saturated carbocycles. The topological polar surface area (TPSA) is 58.9 Å². The highest BCUT2D eigenvalue weighted by Gasteiger charge is 2.39. The van der Waals surface area contributed by atoms with E-state index in [1.54, 1.807) is 0 Å². The molecule has 1 aliphatic rings. The molecule has 0 aliphatic carbocycles. The molecule has 0 aromatic rings. The molecule has 0 radical (unpaired) electrons. The van der Waals surface area contributed by atoms with E-state index in [2.05, 4.69) is 33.9 Å². The highest BCUT2D eigenvalue weighted by Crippen LogP contribution is 2.36. The third-order valence-electron chi connectivity index (χ3n) is 3.67. The van der Waals surface area contributed by atoms with Gasteiger partial charge in [0.2, 0.25) is 0 Å². The van der Waals surface area contributed by atoms with Gasteiger partial charge in [0.1, 0.15) is 18.3 Å². The molecule has 4 nitrogen and oxygen atoms in total. The summed E-state index contributed by atoms with van der Waals surface area (Å²) < 4.78 is 11.2. The Bertz CT molecular complexity index is 283. The fourth-order valence-electron chi connectivity index (χ4n) is 1.29. The second kappa shape index (κ2) is 5.10. The zero-order chi connectivity index (χ0) is 13.3. The van der Waals surface area contributed by atoms with Crippen LogP contribution in [0.15, 0.2) is 12.3 Å². The number of ether oxygens (including phenoxy) is 1. The maximum atomic E-state index is 9.75. The molecule has 1 heterocycles. The van der Waals surface area contributed by atoms with Gasteiger partial charge in [-0.15, -0.1) is 0 Å². The predicted molar refractivity (Wildman–Crippen MR) is 69.2 cm³/mol. The van der Waals surface area contributed by atoms with E-state index >= 15 is 0 Å². The molecule has 17 heavy (non-hydrogen) atoms. The molecule has 0 amide bonds. The monoisotopic (exact) mass is 260 g/mol. The molecule has 100 valence electrons. The van der Waals surface area contributed by atoms with Crippen LogP contribution in [0.3, 0.4) is 0 Å². The standard InChI is InChI=1S/C12H24O4Si/c1-12(2,3)17(4,5)16-8-10-11(14)9(13)6-7-15-10/h6-7,9-11,13-14H,8H2,1-5H3/t9?,10-,11-/m1/s1. The van der Waals surface area contributed by atoms with E-state index in [0.29, 0.717) is 6.61 Å². The van der Waals surface area contributed by atoms with Gasteiger partial charge in [-0.05, 0) is 24.2 Å². The molecule has 0 aromatic heterocycles. The summed E-state index contributed by atoms with van der Waals surface area (Å²) in [5, 5.41) is 19.3. The van der Waals surface area contributed by atoms with Crippen molar-refractivity contribution in [3.05, 3.63) is 12.3 Å². The molecule has 3 atom stereocenters. The van der Waals surface area contributed by atoms with Gasteiger partial charge in [-0.3, -0.25) is 0 Å². The maximum Gasteiger partial charge on any atom is 0.192 e. The van der Waals surface area contributed by atoms with Crippen LogP contribution in [0.1, 0.15) is 20.8 Å². The van der Waals surface area contributed by atoms with Crippen LogP contribution >= 0.6 is 0 Å². The van der Waals surface area contributed by atoms with Crippen molar-refractivity contribution in [3.63, 3.8) is 0 Å². The average molecular weight is 260 g/mol. The fourth-order valence-corrected chi connectivity index (χ4v) is 2.30. The van der Waals surface area contributed by atoms with E-state index in [-0.39, 0.29) is 5.04 Å². The molecule has 0 aromatic carbocycles. The summed E-state index contributed by atoms with van der Waals surface area (Å²) in [6.45, 7) is 11.1. The summed E-state index contributed by atoms with van der Waals surface area (Å²) in [6.07, 6.45) is 0.607. The van der Waals surface area contributed by atoms with Crippen molar-refractivity contribution in [3.8, 4) is 0 Å². The molecule has 1 aliphatic heterocycles. The number of aliphatic hydroxyl groups is 2. The van der Waals surface area contributed by atoms with Crippen molar-refractivity contribution in [1.29, 1.82) is 0 Å². The van der Waals surface area contributed by atoms with Gasteiger partial charge in [0.25, 0.3) is 0 Å². The van der Waals surface area contributed by atoms with Gasteiger partial charge >= 0.3 is 0 Å². The van der Waals surface area contributed by atoms with E-state index in [1.165, 1.54) is 12.3 Å². The molecule has 1 rings (SSSR count). The largest absolute Gasteiger partial charge is 0.493 e. The lowest BCUT2D eigenvalue weighted by molar-refractivity contribution is -0.0787. The second-order valence-electron chi connectivity index (χ2n) is 6.06. The fraction of sp³-hybridized carbons (Fsp3) is 0.833. The van der Waals surface area contributed by atoms with Crippen LogP contribution < -0.4 is 0 Å². The molecular weight excluding hydrogens is 236 g/mol. The van der Waals surface area contributed by atoms with Gasteiger partial charge in [-0.25, -0.2) is 0 Å². The normalized spacial score (nSPS) is 30.2. The summed E-state index contributed by atoms with van der Waals surface area (Å²) in [5.74, 6) is 0. The third-order valence-corrected chi connectivity index (χ3v) is 8.18. The first kappa shape index (κ1) is 14.7. The number of aliphatic hydroxyl groups excluding tert-OH is 2. The van der Waals surface area contributed by atoms with Crippen molar-refractivity contribution in [2.24, 2.45) is 0 Å². The highest BCUT2D eigenvalue weighted by atomic mass is 28.4. The van der Waals surface area contributed by atoms with Crippen molar-refractivity contribution >= 4 is 8.32 Å². The predicted octanol–water partition coefficient (Wildman–Crippen LogP) is 1.64. The minimum Gasteiger partial charge on any atom is -0.493 e. The number of hydrogen-bond donors (Lipinski definition) is 2. The zero-order valence-corrected chi connectivity index (χ0v) is 12.3. The highest BCUT2D eigenvalue weighted by molar-refractivity contribution is 6.74. The molecule has 0 fully saturated rings. The lowest BCUT2D eigenvalue weighted by Crippen LogP contribution is -2.48. The molecule has 2 N–H and O–H groups in total. The van der Waals surface area contributed by atoms with Gasteiger partial charge in [0.05, 0.1) is 12.9 Å². The van der Waals surface area contributed by atoms with Crippen LogP contribution in [0.25, 0.3) is 0 Å². The molecule has 0 spiro atoms. The Balaban J connectivity index is 2.54. The summed E-state index contributed by atoms with van der Waals surface area (Å²) in [4.78, 5) is 0. The van der Waals surface area contributed by atoms with Gasteiger partial charge in [0, 0.05) is 0 Å². The Morgan fingerprint density at radius 3 is 2.41 bits per heavy atom. The molecule has 1 unspecified atom stereocenters. The first-order chi connectivity index (χ1) is 7.65. The third kappa shape index (κ3) is 3.55. The first-order valence-electron chi connectivity index (χ1n) is 5.97. The molecule has 0 saturated heterocycles. The van der Waals surface area contributed by atoms with Crippen LogP contribution in [0.4, 0.5) is 0 Å². The Hall–Kier alpha value is -0.363. The van der Waals surface area contributed by atoms with E-state index in [9.17, 15) is 10.2 Å². The molecule has 0 bridgehead atoms. The average Bonchev–Trinajstić information content (AvgIpc) is 2.18. The second-order valence-corrected chi connectivity index (χ2v) is 10.9. The van der Waals surface area contributed by atoms with Crippen molar-refractivity contribution in [2.75, 3.05) is 6.61 Å². The van der Waals surface area contributed by atoms with Crippen LogP contribution in [0.5, 0.6) is 0 Å². The molecular formula is C12H24O4Si. The van der Waals surface area contributed by atoms with E-state index in [1.807, 2.05) is 0 Å². The number of hydrogen-bond acceptors (Lipinski definition) is 4. The lowest BCUT2D eigenvalue weighted by atomic mass is 10.1. The Morgan fingerprint density at radius 1 is 1.29 bits per heavy atom. The van der Waals surface area contributed by atoms with Crippen LogP contribution in [0.2, 0.25) is 18.1 Å². The van der Waals surface area contributed by atoms with E-state index < -0.39 is 26.6 Å². The summed E-state index contributed by atoms with van der Waals surface area (Å²) in [7, 11) is -1.84. The zero-order valence-electron chi connectivity index (χ0n) is 11.3.